The van der Waals surface area contributed by atoms with Crippen molar-refractivity contribution in [2.45, 2.75) is 33.3 Å². The second kappa shape index (κ2) is 6.77. The Morgan fingerprint density at radius 3 is 2.50 bits per heavy atom. The van der Waals surface area contributed by atoms with E-state index in [9.17, 15) is 5.11 Å². The largest absolute Gasteiger partial charge is 0.494 e. The molecule has 0 fully saturated rings. The van der Waals surface area contributed by atoms with Crippen molar-refractivity contribution in [2.75, 3.05) is 6.61 Å². The molecule has 20 heavy (non-hydrogen) atoms. The van der Waals surface area contributed by atoms with Gasteiger partial charge in [-0.1, -0.05) is 24.9 Å². The Morgan fingerprint density at radius 2 is 1.95 bits per heavy atom. The molecule has 1 aromatic heterocycles. The molecule has 0 saturated carbocycles. The van der Waals surface area contributed by atoms with Crippen LogP contribution >= 0.6 is 11.6 Å². The summed E-state index contributed by atoms with van der Waals surface area (Å²) in [5.41, 5.74) is 2.42. The molecule has 1 heterocycles. The number of aromatic nitrogens is 2. The monoisotopic (exact) mass is 294 g/mol. The number of hydrogen-bond donors (Lipinski definition) is 1. The van der Waals surface area contributed by atoms with Crippen LogP contribution in [0.3, 0.4) is 0 Å². The zero-order valence-electron chi connectivity index (χ0n) is 11.8. The van der Waals surface area contributed by atoms with Crippen LogP contribution < -0.4 is 4.74 Å². The van der Waals surface area contributed by atoms with Crippen LogP contribution in [0.1, 0.15) is 31.5 Å². The van der Waals surface area contributed by atoms with Crippen LogP contribution in [0.4, 0.5) is 0 Å². The van der Waals surface area contributed by atoms with Gasteiger partial charge in [-0.2, -0.15) is 5.10 Å². The summed E-state index contributed by atoms with van der Waals surface area (Å²) in [5.74, 6) is 0.815. The molecule has 2 rings (SSSR count). The molecule has 2 aromatic rings. The predicted octanol–water partition coefficient (Wildman–Crippen LogP) is 3.37. The molecule has 0 atom stereocenters. The molecule has 0 radical (unpaired) electrons. The Labute approximate surface area is 123 Å². The first-order valence-corrected chi connectivity index (χ1v) is 7.19. The van der Waals surface area contributed by atoms with Gasteiger partial charge >= 0.3 is 0 Å². The van der Waals surface area contributed by atoms with Crippen molar-refractivity contribution in [2.24, 2.45) is 0 Å². The molecular formula is C15H19ClN2O2. The lowest BCUT2D eigenvalue weighted by Crippen LogP contribution is -1.98. The molecule has 108 valence electrons. The van der Waals surface area contributed by atoms with Crippen LogP contribution in [0.25, 0.3) is 5.69 Å². The van der Waals surface area contributed by atoms with Gasteiger partial charge in [0.2, 0.25) is 0 Å². The molecule has 0 bridgehead atoms. The fourth-order valence-electron chi connectivity index (χ4n) is 2.09. The number of hydrogen-bond acceptors (Lipinski definition) is 3. The molecule has 5 heteroatoms. The second-order valence-corrected chi connectivity index (χ2v) is 4.82. The minimum atomic E-state index is -0.0921. The van der Waals surface area contributed by atoms with Gasteiger partial charge in [-0.25, -0.2) is 4.68 Å². The summed E-state index contributed by atoms with van der Waals surface area (Å²) in [7, 11) is 0. The van der Waals surface area contributed by atoms with Crippen molar-refractivity contribution in [3.8, 4) is 11.4 Å². The number of nitrogens with zero attached hydrogens (tertiary/aromatic N) is 2. The second-order valence-electron chi connectivity index (χ2n) is 4.46. The number of aliphatic hydroxyl groups is 1. The summed E-state index contributed by atoms with van der Waals surface area (Å²) in [6.07, 6.45) is 1.77. The van der Waals surface area contributed by atoms with E-state index in [1.807, 2.05) is 31.2 Å². The highest BCUT2D eigenvalue weighted by atomic mass is 35.5. The fourth-order valence-corrected chi connectivity index (χ4v) is 2.39. The van der Waals surface area contributed by atoms with Gasteiger partial charge in [0.1, 0.15) is 10.9 Å². The standard InChI is InChI=1S/C15H19ClN2O2/c1-3-5-14-13(10-19)15(16)18(17-14)11-6-8-12(9-7-11)20-4-2/h6-9,19H,3-5,10H2,1-2H3. The SMILES string of the molecule is CCCc1nn(-c2ccc(OCC)cc2)c(Cl)c1CO. The van der Waals surface area contributed by atoms with E-state index in [0.29, 0.717) is 17.3 Å². The van der Waals surface area contributed by atoms with Crippen LogP contribution in [-0.4, -0.2) is 21.5 Å². The third-order valence-electron chi connectivity index (χ3n) is 3.04. The Morgan fingerprint density at radius 1 is 1.25 bits per heavy atom. The summed E-state index contributed by atoms with van der Waals surface area (Å²) in [4.78, 5) is 0. The average Bonchev–Trinajstić information content (AvgIpc) is 2.77. The van der Waals surface area contributed by atoms with Gasteiger partial charge in [0.25, 0.3) is 0 Å². The minimum Gasteiger partial charge on any atom is -0.494 e. The molecule has 0 amide bonds. The van der Waals surface area contributed by atoms with Gasteiger partial charge in [-0.15, -0.1) is 0 Å². The van der Waals surface area contributed by atoms with E-state index in [-0.39, 0.29) is 6.61 Å². The molecule has 1 N–H and O–H groups in total. The topological polar surface area (TPSA) is 47.3 Å². The van der Waals surface area contributed by atoms with Crippen molar-refractivity contribution < 1.29 is 9.84 Å². The van der Waals surface area contributed by atoms with Gasteiger partial charge in [0.15, 0.2) is 0 Å². The summed E-state index contributed by atoms with van der Waals surface area (Å²) in [5, 5.41) is 14.4. The first-order chi connectivity index (χ1) is 9.71. The third kappa shape index (κ3) is 2.97. The number of aryl methyl sites for hydroxylation is 1. The Hall–Kier alpha value is -1.52. The van der Waals surface area contributed by atoms with Crippen LogP contribution in [-0.2, 0) is 13.0 Å². The fraction of sp³-hybridized carbons (Fsp3) is 0.400. The van der Waals surface area contributed by atoms with Crippen molar-refractivity contribution in [1.82, 2.24) is 9.78 Å². The molecule has 0 saturated heterocycles. The predicted molar refractivity (Wildman–Crippen MR) is 79.7 cm³/mol. The van der Waals surface area contributed by atoms with Crippen molar-refractivity contribution >= 4 is 11.6 Å². The van der Waals surface area contributed by atoms with Gasteiger partial charge in [0.05, 0.1) is 24.6 Å². The van der Waals surface area contributed by atoms with Gasteiger partial charge < -0.3 is 9.84 Å². The third-order valence-corrected chi connectivity index (χ3v) is 3.43. The van der Waals surface area contributed by atoms with Crippen molar-refractivity contribution in [1.29, 1.82) is 0 Å². The van der Waals surface area contributed by atoms with Gasteiger partial charge in [-0.3, -0.25) is 0 Å². The maximum atomic E-state index is 9.44. The summed E-state index contributed by atoms with van der Waals surface area (Å²) < 4.78 is 7.07. The molecule has 0 aliphatic carbocycles. The zero-order valence-corrected chi connectivity index (χ0v) is 12.5. The van der Waals surface area contributed by atoms with E-state index in [2.05, 4.69) is 12.0 Å². The van der Waals surface area contributed by atoms with Gasteiger partial charge in [-0.05, 0) is 37.6 Å². The molecule has 0 spiro atoms. The van der Waals surface area contributed by atoms with Crippen molar-refractivity contribution in [3.05, 3.63) is 40.7 Å². The smallest absolute Gasteiger partial charge is 0.138 e. The number of ether oxygens (including phenoxy) is 1. The first kappa shape index (κ1) is 14.9. The maximum Gasteiger partial charge on any atom is 0.138 e. The molecule has 0 aliphatic heterocycles. The maximum absolute atomic E-state index is 9.44. The average molecular weight is 295 g/mol. The van der Waals surface area contributed by atoms with Crippen LogP contribution in [0.5, 0.6) is 5.75 Å². The van der Waals surface area contributed by atoms with E-state index in [0.717, 1.165) is 30.0 Å². The van der Waals surface area contributed by atoms with Crippen LogP contribution in [0, 0.1) is 0 Å². The van der Waals surface area contributed by atoms with Crippen LogP contribution in [0.2, 0.25) is 5.15 Å². The zero-order chi connectivity index (χ0) is 14.5. The molecule has 0 unspecified atom stereocenters. The Bertz CT molecular complexity index is 564. The van der Waals surface area contributed by atoms with Crippen molar-refractivity contribution in [3.63, 3.8) is 0 Å². The summed E-state index contributed by atoms with van der Waals surface area (Å²) in [6.45, 7) is 4.57. The number of halogens is 1. The first-order valence-electron chi connectivity index (χ1n) is 6.81. The van der Waals surface area contributed by atoms with E-state index in [1.165, 1.54) is 0 Å². The number of aliphatic hydroxyl groups excluding tert-OH is 1. The summed E-state index contributed by atoms with van der Waals surface area (Å²) in [6, 6.07) is 7.57. The van der Waals surface area contributed by atoms with E-state index in [1.54, 1.807) is 4.68 Å². The lowest BCUT2D eigenvalue weighted by molar-refractivity contribution is 0.280. The normalized spacial score (nSPS) is 10.8. The van der Waals surface area contributed by atoms with Crippen LogP contribution in [0.15, 0.2) is 24.3 Å². The quantitative estimate of drug-likeness (QED) is 0.888. The highest BCUT2D eigenvalue weighted by Gasteiger charge is 2.16. The Balaban J connectivity index is 2.36. The van der Waals surface area contributed by atoms with E-state index < -0.39 is 0 Å². The molecule has 0 aliphatic rings. The lowest BCUT2D eigenvalue weighted by Gasteiger charge is -2.06. The molecule has 4 nitrogen and oxygen atoms in total. The highest BCUT2D eigenvalue weighted by molar-refractivity contribution is 6.30. The van der Waals surface area contributed by atoms with E-state index >= 15 is 0 Å². The summed E-state index contributed by atoms with van der Waals surface area (Å²) >= 11 is 6.31. The lowest BCUT2D eigenvalue weighted by atomic mass is 10.2. The number of benzene rings is 1. The molecule has 1 aromatic carbocycles. The van der Waals surface area contributed by atoms with E-state index in [4.69, 9.17) is 16.3 Å². The Kier molecular flexibility index (Phi) is 5.04. The van der Waals surface area contributed by atoms with Gasteiger partial charge in [0, 0.05) is 5.56 Å². The minimum absolute atomic E-state index is 0.0921. The highest BCUT2D eigenvalue weighted by Crippen LogP contribution is 2.25. The number of rotatable bonds is 6. The molecular weight excluding hydrogens is 276 g/mol.